The van der Waals surface area contributed by atoms with Crippen LogP contribution in [0.5, 0.6) is 5.75 Å². The number of amides is 1. The van der Waals surface area contributed by atoms with Gasteiger partial charge in [0.1, 0.15) is 23.0 Å². The van der Waals surface area contributed by atoms with Crippen molar-refractivity contribution in [3.8, 4) is 5.75 Å². The standard InChI is InChI=1S/C22H16F3NO3/c23-22(24,25)19-10-9-13(29-19)11-14-12-21(16-6-2-4-8-18(16)28-14)15-5-1-3-7-17(15)26-20(21)27/h1-10,14H,11-12H2,(H,26,27). The number of hydrogen-bond donors (Lipinski definition) is 1. The fourth-order valence-electron chi connectivity index (χ4n) is 4.36. The first-order valence-corrected chi connectivity index (χ1v) is 9.21. The highest BCUT2D eigenvalue weighted by atomic mass is 19.4. The molecule has 2 aliphatic heterocycles. The number of para-hydroxylation sites is 2. The molecule has 7 heteroatoms. The van der Waals surface area contributed by atoms with Crippen LogP contribution in [-0.2, 0) is 22.8 Å². The van der Waals surface area contributed by atoms with E-state index < -0.39 is 23.5 Å². The molecule has 2 unspecified atom stereocenters. The van der Waals surface area contributed by atoms with Gasteiger partial charge < -0.3 is 14.5 Å². The Morgan fingerprint density at radius 3 is 2.48 bits per heavy atom. The van der Waals surface area contributed by atoms with E-state index in [4.69, 9.17) is 9.15 Å². The molecule has 0 radical (unpaired) electrons. The number of carbonyl (C=O) groups excluding carboxylic acids is 1. The minimum Gasteiger partial charge on any atom is -0.490 e. The normalized spacial score (nSPS) is 22.7. The highest BCUT2D eigenvalue weighted by molar-refractivity contribution is 6.09. The molecule has 0 saturated heterocycles. The molecule has 0 saturated carbocycles. The van der Waals surface area contributed by atoms with E-state index in [2.05, 4.69) is 5.32 Å². The molecule has 4 nitrogen and oxygen atoms in total. The Balaban J connectivity index is 1.55. The average molecular weight is 399 g/mol. The summed E-state index contributed by atoms with van der Waals surface area (Å²) in [7, 11) is 0. The summed E-state index contributed by atoms with van der Waals surface area (Å²) in [6, 6.07) is 17.0. The van der Waals surface area contributed by atoms with Crippen molar-refractivity contribution in [2.24, 2.45) is 0 Å². The number of rotatable bonds is 2. The Hall–Kier alpha value is -3.22. The molecule has 2 atom stereocenters. The maximum atomic E-state index is 13.2. The Kier molecular flexibility index (Phi) is 3.78. The van der Waals surface area contributed by atoms with Crippen LogP contribution in [0, 0.1) is 0 Å². The molecule has 1 amide bonds. The van der Waals surface area contributed by atoms with Crippen molar-refractivity contribution in [3.05, 3.63) is 83.3 Å². The lowest BCUT2D eigenvalue weighted by atomic mass is 9.69. The zero-order valence-electron chi connectivity index (χ0n) is 15.1. The third kappa shape index (κ3) is 2.72. The Labute approximate surface area is 164 Å². The summed E-state index contributed by atoms with van der Waals surface area (Å²) in [4.78, 5) is 13.2. The molecule has 2 aliphatic rings. The van der Waals surface area contributed by atoms with Gasteiger partial charge in [0, 0.05) is 24.1 Å². The van der Waals surface area contributed by atoms with E-state index in [1.807, 2.05) is 42.5 Å². The third-order valence-corrected chi connectivity index (χ3v) is 5.57. The number of ether oxygens (including phenoxy) is 1. The van der Waals surface area contributed by atoms with Gasteiger partial charge in [-0.05, 0) is 29.8 Å². The van der Waals surface area contributed by atoms with Gasteiger partial charge in [-0.3, -0.25) is 4.79 Å². The molecule has 5 rings (SSSR count). The van der Waals surface area contributed by atoms with Crippen LogP contribution < -0.4 is 10.1 Å². The van der Waals surface area contributed by atoms with E-state index in [9.17, 15) is 18.0 Å². The maximum absolute atomic E-state index is 13.2. The number of benzene rings is 2. The minimum atomic E-state index is -4.54. The predicted octanol–water partition coefficient (Wildman–Crippen LogP) is 4.93. The average Bonchev–Trinajstić information content (AvgIpc) is 3.26. The zero-order valence-corrected chi connectivity index (χ0v) is 15.1. The molecule has 29 heavy (non-hydrogen) atoms. The van der Waals surface area contributed by atoms with E-state index in [-0.39, 0.29) is 18.1 Å². The summed E-state index contributed by atoms with van der Waals surface area (Å²) >= 11 is 0. The number of carbonyl (C=O) groups is 1. The van der Waals surface area contributed by atoms with Gasteiger partial charge in [0.15, 0.2) is 0 Å². The molecule has 0 bridgehead atoms. The van der Waals surface area contributed by atoms with Crippen molar-refractivity contribution in [3.63, 3.8) is 0 Å². The van der Waals surface area contributed by atoms with E-state index in [0.717, 1.165) is 22.9 Å². The lowest BCUT2D eigenvalue weighted by molar-refractivity contribution is -0.153. The van der Waals surface area contributed by atoms with Gasteiger partial charge in [0.25, 0.3) is 0 Å². The number of hydrogen-bond acceptors (Lipinski definition) is 3. The first-order valence-electron chi connectivity index (χ1n) is 9.21. The van der Waals surface area contributed by atoms with Crippen molar-refractivity contribution in [2.45, 2.75) is 30.5 Å². The van der Waals surface area contributed by atoms with Crippen LogP contribution in [0.25, 0.3) is 0 Å². The first-order chi connectivity index (χ1) is 13.9. The maximum Gasteiger partial charge on any atom is 0.449 e. The van der Waals surface area contributed by atoms with Crippen molar-refractivity contribution >= 4 is 11.6 Å². The molecule has 1 spiro atoms. The molecule has 2 aromatic carbocycles. The highest BCUT2D eigenvalue weighted by Crippen LogP contribution is 2.51. The number of anilines is 1. The summed E-state index contributed by atoms with van der Waals surface area (Å²) in [5.41, 5.74) is 1.40. The van der Waals surface area contributed by atoms with E-state index >= 15 is 0 Å². The summed E-state index contributed by atoms with van der Waals surface area (Å²) in [6.45, 7) is 0. The largest absolute Gasteiger partial charge is 0.490 e. The second kappa shape index (κ2) is 6.14. The number of nitrogens with one attached hydrogen (secondary N) is 1. The van der Waals surface area contributed by atoms with Gasteiger partial charge >= 0.3 is 6.18 Å². The lowest BCUT2D eigenvalue weighted by Gasteiger charge is -2.38. The van der Waals surface area contributed by atoms with Crippen molar-refractivity contribution in [1.29, 1.82) is 0 Å². The quantitative estimate of drug-likeness (QED) is 0.665. The summed E-state index contributed by atoms with van der Waals surface area (Å²) in [5, 5.41) is 2.94. The van der Waals surface area contributed by atoms with Crippen LogP contribution in [-0.4, -0.2) is 12.0 Å². The van der Waals surface area contributed by atoms with Crippen molar-refractivity contribution < 1.29 is 27.1 Å². The van der Waals surface area contributed by atoms with Gasteiger partial charge in [-0.1, -0.05) is 36.4 Å². The van der Waals surface area contributed by atoms with Gasteiger partial charge in [-0.15, -0.1) is 0 Å². The van der Waals surface area contributed by atoms with Crippen LogP contribution in [0.15, 0.2) is 65.1 Å². The summed E-state index contributed by atoms with van der Waals surface area (Å²) in [5.74, 6) is -0.473. The van der Waals surface area contributed by atoms with Crippen LogP contribution in [0.1, 0.15) is 29.1 Å². The van der Waals surface area contributed by atoms with Crippen molar-refractivity contribution in [1.82, 2.24) is 0 Å². The second-order valence-electron chi connectivity index (χ2n) is 7.31. The van der Waals surface area contributed by atoms with Gasteiger partial charge in [-0.2, -0.15) is 13.2 Å². The number of furan rings is 1. The Morgan fingerprint density at radius 1 is 1.00 bits per heavy atom. The smallest absolute Gasteiger partial charge is 0.449 e. The lowest BCUT2D eigenvalue weighted by Crippen LogP contribution is -2.44. The van der Waals surface area contributed by atoms with Crippen LogP contribution in [0.3, 0.4) is 0 Å². The summed E-state index contributed by atoms with van der Waals surface area (Å²) < 4.78 is 49.6. The van der Waals surface area contributed by atoms with Crippen LogP contribution >= 0.6 is 0 Å². The fourth-order valence-corrected chi connectivity index (χ4v) is 4.36. The zero-order chi connectivity index (χ0) is 20.2. The second-order valence-corrected chi connectivity index (χ2v) is 7.31. The Bertz CT molecular complexity index is 1100. The van der Waals surface area contributed by atoms with Gasteiger partial charge in [0.05, 0.1) is 0 Å². The highest BCUT2D eigenvalue weighted by Gasteiger charge is 2.53. The number of fused-ring (bicyclic) bond motifs is 4. The minimum absolute atomic E-state index is 0.127. The Morgan fingerprint density at radius 2 is 1.72 bits per heavy atom. The fraction of sp³-hybridized carbons (Fsp3) is 0.227. The van der Waals surface area contributed by atoms with E-state index in [1.54, 1.807) is 6.07 Å². The molecule has 3 aromatic rings. The molecule has 148 valence electrons. The van der Waals surface area contributed by atoms with Crippen LogP contribution in [0.2, 0.25) is 0 Å². The molecular weight excluding hydrogens is 383 g/mol. The van der Waals surface area contributed by atoms with Gasteiger partial charge in [-0.25, -0.2) is 0 Å². The van der Waals surface area contributed by atoms with E-state index in [0.29, 0.717) is 12.2 Å². The van der Waals surface area contributed by atoms with Gasteiger partial charge in [0.2, 0.25) is 11.7 Å². The SMILES string of the molecule is O=C1Nc2ccccc2C12CC(Cc1ccc(C(F)(F)F)o1)Oc1ccccc12. The molecule has 3 heterocycles. The third-order valence-electron chi connectivity index (χ3n) is 5.57. The molecular formula is C22H16F3NO3. The number of halogens is 3. The first kappa shape index (κ1) is 17.8. The van der Waals surface area contributed by atoms with E-state index in [1.165, 1.54) is 6.07 Å². The monoisotopic (exact) mass is 399 g/mol. The topological polar surface area (TPSA) is 51.5 Å². The molecule has 1 N–H and O–H groups in total. The van der Waals surface area contributed by atoms with Crippen LogP contribution in [0.4, 0.5) is 18.9 Å². The summed E-state index contributed by atoms with van der Waals surface area (Å²) in [6.07, 6.45) is -4.63. The van der Waals surface area contributed by atoms with Crippen molar-refractivity contribution in [2.75, 3.05) is 5.32 Å². The number of alkyl halides is 3. The molecule has 0 aliphatic carbocycles. The molecule has 1 aromatic heterocycles. The predicted molar refractivity (Wildman–Crippen MR) is 98.7 cm³/mol. The molecule has 0 fully saturated rings.